The SMILES string of the molecule is COc1ccccc1C(=O)NC1CCN(c2nc(C)nc3c2CCCC3)CC1. The highest BCUT2D eigenvalue weighted by Gasteiger charge is 2.26. The molecular weight excluding hydrogens is 352 g/mol. The molecule has 1 amide bonds. The van der Waals surface area contributed by atoms with Crippen LogP contribution in [0.1, 0.15) is 53.1 Å². The van der Waals surface area contributed by atoms with Gasteiger partial charge >= 0.3 is 0 Å². The lowest BCUT2D eigenvalue weighted by Gasteiger charge is -2.35. The summed E-state index contributed by atoms with van der Waals surface area (Å²) in [5.74, 6) is 2.53. The molecule has 2 aromatic rings. The molecule has 1 N–H and O–H groups in total. The Labute approximate surface area is 166 Å². The number of benzene rings is 1. The summed E-state index contributed by atoms with van der Waals surface area (Å²) in [7, 11) is 1.59. The molecule has 0 spiro atoms. The van der Waals surface area contributed by atoms with Gasteiger partial charge < -0.3 is 15.0 Å². The van der Waals surface area contributed by atoms with Crippen LogP contribution in [-0.2, 0) is 12.8 Å². The first-order valence-electron chi connectivity index (χ1n) is 10.2. The Morgan fingerprint density at radius 1 is 1.14 bits per heavy atom. The fourth-order valence-electron chi connectivity index (χ4n) is 4.29. The van der Waals surface area contributed by atoms with Gasteiger partial charge in [-0.3, -0.25) is 4.79 Å². The summed E-state index contributed by atoms with van der Waals surface area (Å²) in [4.78, 5) is 24.5. The average Bonchev–Trinajstić information content (AvgIpc) is 2.73. The topological polar surface area (TPSA) is 67.3 Å². The van der Waals surface area contributed by atoms with E-state index in [1.54, 1.807) is 13.2 Å². The first-order valence-corrected chi connectivity index (χ1v) is 10.2. The third kappa shape index (κ3) is 3.81. The second-order valence-corrected chi connectivity index (χ2v) is 7.66. The maximum atomic E-state index is 12.7. The highest BCUT2D eigenvalue weighted by atomic mass is 16.5. The van der Waals surface area contributed by atoms with Crippen LogP contribution in [0, 0.1) is 6.92 Å². The molecule has 1 aliphatic heterocycles. The van der Waals surface area contributed by atoms with Crippen molar-refractivity contribution in [2.24, 2.45) is 0 Å². The highest BCUT2D eigenvalue weighted by molar-refractivity contribution is 5.97. The van der Waals surface area contributed by atoms with Gasteiger partial charge in [-0.15, -0.1) is 0 Å². The summed E-state index contributed by atoms with van der Waals surface area (Å²) in [6.07, 6.45) is 6.42. The summed E-state index contributed by atoms with van der Waals surface area (Å²) in [5.41, 5.74) is 3.17. The number of amides is 1. The maximum Gasteiger partial charge on any atom is 0.255 e. The minimum atomic E-state index is -0.0637. The number of hydrogen-bond acceptors (Lipinski definition) is 5. The van der Waals surface area contributed by atoms with Crippen molar-refractivity contribution in [3.05, 3.63) is 46.9 Å². The Morgan fingerprint density at radius 3 is 2.68 bits per heavy atom. The van der Waals surface area contributed by atoms with Gasteiger partial charge in [-0.05, 0) is 57.6 Å². The zero-order chi connectivity index (χ0) is 19.5. The van der Waals surface area contributed by atoms with Crippen molar-refractivity contribution >= 4 is 11.7 Å². The highest BCUT2D eigenvalue weighted by Crippen LogP contribution is 2.30. The van der Waals surface area contributed by atoms with Gasteiger partial charge in [0.2, 0.25) is 0 Å². The van der Waals surface area contributed by atoms with Crippen molar-refractivity contribution in [1.29, 1.82) is 0 Å². The quantitative estimate of drug-likeness (QED) is 0.883. The number of ether oxygens (including phenoxy) is 1. The van der Waals surface area contributed by atoms with E-state index in [1.807, 2.05) is 25.1 Å². The average molecular weight is 380 g/mol. The number of piperidine rings is 1. The fourth-order valence-corrected chi connectivity index (χ4v) is 4.29. The minimum absolute atomic E-state index is 0.0637. The molecule has 1 aromatic carbocycles. The number of hydrogen-bond donors (Lipinski definition) is 1. The molecule has 1 fully saturated rings. The van der Waals surface area contributed by atoms with E-state index in [9.17, 15) is 4.79 Å². The number of rotatable bonds is 4. The second-order valence-electron chi connectivity index (χ2n) is 7.66. The van der Waals surface area contributed by atoms with Crippen molar-refractivity contribution in [3.8, 4) is 5.75 Å². The summed E-state index contributed by atoms with van der Waals surface area (Å²) in [6, 6.07) is 7.53. The standard InChI is InChI=1S/C22H28N4O2/c1-15-23-19-9-5-3-7-17(19)21(24-15)26-13-11-16(12-14-26)25-22(27)18-8-4-6-10-20(18)28-2/h4,6,8,10,16H,3,5,7,9,11-14H2,1-2H3,(H,25,27). The van der Waals surface area contributed by atoms with E-state index in [0.29, 0.717) is 11.3 Å². The van der Waals surface area contributed by atoms with Crippen molar-refractivity contribution in [1.82, 2.24) is 15.3 Å². The van der Waals surface area contributed by atoms with Gasteiger partial charge in [0.05, 0.1) is 12.7 Å². The van der Waals surface area contributed by atoms with Crippen LogP contribution in [0.2, 0.25) is 0 Å². The normalized spacial score (nSPS) is 17.1. The molecular formula is C22H28N4O2. The Kier molecular flexibility index (Phi) is 5.46. The molecule has 0 atom stereocenters. The maximum absolute atomic E-state index is 12.7. The molecule has 1 aromatic heterocycles. The van der Waals surface area contributed by atoms with Crippen LogP contribution >= 0.6 is 0 Å². The molecule has 6 heteroatoms. The van der Waals surface area contributed by atoms with Crippen molar-refractivity contribution < 1.29 is 9.53 Å². The van der Waals surface area contributed by atoms with Gasteiger partial charge in [0, 0.05) is 30.4 Å². The second kappa shape index (κ2) is 8.17. The lowest BCUT2D eigenvalue weighted by Crippen LogP contribution is -2.45. The van der Waals surface area contributed by atoms with Gasteiger partial charge in [-0.1, -0.05) is 12.1 Å². The number of fused-ring (bicyclic) bond motifs is 1. The van der Waals surface area contributed by atoms with Crippen LogP contribution in [0.4, 0.5) is 5.82 Å². The molecule has 4 rings (SSSR count). The third-order valence-corrected chi connectivity index (χ3v) is 5.75. The molecule has 1 saturated heterocycles. The van der Waals surface area contributed by atoms with Gasteiger partial charge in [-0.25, -0.2) is 9.97 Å². The molecule has 1 aliphatic carbocycles. The molecule has 0 radical (unpaired) electrons. The number of carbonyl (C=O) groups is 1. The van der Waals surface area contributed by atoms with E-state index in [2.05, 4.69) is 15.2 Å². The number of aryl methyl sites for hydroxylation is 2. The number of nitrogens with one attached hydrogen (secondary N) is 1. The molecule has 0 saturated carbocycles. The number of carbonyl (C=O) groups excluding carboxylic acids is 1. The molecule has 2 heterocycles. The largest absolute Gasteiger partial charge is 0.496 e. The van der Waals surface area contributed by atoms with Crippen LogP contribution in [0.25, 0.3) is 0 Å². The molecule has 6 nitrogen and oxygen atoms in total. The minimum Gasteiger partial charge on any atom is -0.496 e. The van der Waals surface area contributed by atoms with Crippen molar-refractivity contribution in [2.75, 3.05) is 25.1 Å². The first kappa shape index (κ1) is 18.7. The van der Waals surface area contributed by atoms with Crippen molar-refractivity contribution in [3.63, 3.8) is 0 Å². The monoisotopic (exact) mass is 380 g/mol. The summed E-state index contributed by atoms with van der Waals surface area (Å²) < 4.78 is 5.31. The van der Waals surface area contributed by atoms with Gasteiger partial charge in [0.1, 0.15) is 17.4 Å². The number of anilines is 1. The van der Waals surface area contributed by atoms with Gasteiger partial charge in [0.25, 0.3) is 5.91 Å². The summed E-state index contributed by atoms with van der Waals surface area (Å²) >= 11 is 0. The fraction of sp³-hybridized carbons (Fsp3) is 0.500. The Hall–Kier alpha value is -2.63. The van der Waals surface area contributed by atoms with E-state index >= 15 is 0 Å². The van der Waals surface area contributed by atoms with Crippen LogP contribution < -0.4 is 15.0 Å². The first-order chi connectivity index (χ1) is 13.7. The van der Waals surface area contributed by atoms with Crippen LogP contribution in [0.3, 0.4) is 0 Å². The molecule has 28 heavy (non-hydrogen) atoms. The van der Waals surface area contributed by atoms with E-state index in [4.69, 9.17) is 9.72 Å². The Bertz CT molecular complexity index is 860. The lowest BCUT2D eigenvalue weighted by molar-refractivity contribution is 0.0928. The van der Waals surface area contributed by atoms with Gasteiger partial charge in [-0.2, -0.15) is 0 Å². The molecule has 148 valence electrons. The number of aromatic nitrogens is 2. The molecule has 0 unspecified atom stereocenters. The zero-order valence-corrected chi connectivity index (χ0v) is 16.7. The van der Waals surface area contributed by atoms with E-state index in [-0.39, 0.29) is 11.9 Å². The number of para-hydroxylation sites is 1. The van der Waals surface area contributed by atoms with E-state index < -0.39 is 0 Å². The predicted octanol–water partition coefficient (Wildman–Crippen LogP) is 3.07. The van der Waals surface area contributed by atoms with E-state index in [1.165, 1.54) is 24.1 Å². The molecule has 0 bridgehead atoms. The Morgan fingerprint density at radius 2 is 1.89 bits per heavy atom. The number of methoxy groups -OCH3 is 1. The van der Waals surface area contributed by atoms with Crippen LogP contribution in [0.15, 0.2) is 24.3 Å². The smallest absolute Gasteiger partial charge is 0.255 e. The molecule has 2 aliphatic rings. The zero-order valence-electron chi connectivity index (χ0n) is 16.7. The van der Waals surface area contributed by atoms with Gasteiger partial charge in [0.15, 0.2) is 0 Å². The third-order valence-electron chi connectivity index (χ3n) is 5.75. The van der Waals surface area contributed by atoms with Crippen LogP contribution in [0.5, 0.6) is 5.75 Å². The summed E-state index contributed by atoms with van der Waals surface area (Å²) in [5, 5.41) is 3.18. The predicted molar refractivity (Wildman–Crippen MR) is 109 cm³/mol. The van der Waals surface area contributed by atoms with Crippen LogP contribution in [-0.4, -0.2) is 42.1 Å². The van der Waals surface area contributed by atoms with E-state index in [0.717, 1.165) is 50.4 Å². The number of nitrogens with zero attached hydrogens (tertiary/aromatic N) is 3. The van der Waals surface area contributed by atoms with Crippen molar-refractivity contribution in [2.45, 2.75) is 51.5 Å². The summed E-state index contributed by atoms with van der Waals surface area (Å²) in [6.45, 7) is 3.79. The Balaban J connectivity index is 1.42. The lowest BCUT2D eigenvalue weighted by atomic mass is 9.95.